The molecular weight excluding hydrogens is 220 g/mol. The van der Waals surface area contributed by atoms with Gasteiger partial charge in [-0.1, -0.05) is 23.4 Å². The number of aromatic nitrogens is 2. The summed E-state index contributed by atoms with van der Waals surface area (Å²) in [5.41, 5.74) is 0.967. The molecule has 1 aliphatic heterocycles. The lowest BCUT2D eigenvalue weighted by Crippen LogP contribution is -2.30. The van der Waals surface area contributed by atoms with Gasteiger partial charge in [0, 0.05) is 5.56 Å². The summed E-state index contributed by atoms with van der Waals surface area (Å²) in [6, 6.07) is 0. The maximum Gasteiger partial charge on any atom is 0.136 e. The van der Waals surface area contributed by atoms with E-state index >= 15 is 0 Å². The first-order valence-electron chi connectivity index (χ1n) is 4.42. The van der Waals surface area contributed by atoms with Crippen LogP contribution in [0.2, 0.25) is 5.15 Å². The number of nitrogens with zero attached hydrogens (tertiary/aromatic N) is 2. The van der Waals surface area contributed by atoms with Crippen LogP contribution in [0.4, 0.5) is 0 Å². The van der Waals surface area contributed by atoms with Crippen molar-refractivity contribution in [3.8, 4) is 0 Å². The Morgan fingerprint density at radius 1 is 1.36 bits per heavy atom. The van der Waals surface area contributed by atoms with Crippen molar-refractivity contribution < 1.29 is 4.74 Å². The predicted molar refractivity (Wildman–Crippen MR) is 57.0 cm³/mol. The molecule has 1 aromatic heterocycles. The molecule has 0 aromatic carbocycles. The number of halogens is 1. The molecule has 0 N–H and O–H groups in total. The zero-order valence-corrected chi connectivity index (χ0v) is 9.65. The second kappa shape index (κ2) is 4.04. The average molecular weight is 231 g/mol. The number of hydrogen-bond donors (Lipinski definition) is 0. The van der Waals surface area contributed by atoms with Crippen LogP contribution in [0.15, 0.2) is 5.03 Å². The lowest BCUT2D eigenvalue weighted by atomic mass is 10.4. The molecule has 0 atom stereocenters. The van der Waals surface area contributed by atoms with Crippen molar-refractivity contribution in [1.29, 1.82) is 0 Å². The SMILES string of the molecule is Cc1nc(Cl)c(C)c(SC2COC2)n1. The van der Waals surface area contributed by atoms with Gasteiger partial charge in [-0.05, 0) is 13.8 Å². The standard InChI is InChI=1S/C9H11ClN2OS/c1-5-8(10)11-6(2)12-9(5)14-7-3-13-4-7/h7H,3-4H2,1-2H3. The highest BCUT2D eigenvalue weighted by Gasteiger charge is 2.22. The summed E-state index contributed by atoms with van der Waals surface area (Å²) in [4.78, 5) is 8.46. The van der Waals surface area contributed by atoms with Crippen LogP contribution in [0.1, 0.15) is 11.4 Å². The van der Waals surface area contributed by atoms with Gasteiger partial charge in [-0.25, -0.2) is 9.97 Å². The third-order valence-corrected chi connectivity index (χ3v) is 3.63. The first-order chi connectivity index (χ1) is 6.66. The average Bonchev–Trinajstić information content (AvgIpc) is 2.05. The molecular formula is C9H11ClN2OS. The molecule has 1 aliphatic rings. The topological polar surface area (TPSA) is 35.0 Å². The van der Waals surface area contributed by atoms with E-state index in [-0.39, 0.29) is 0 Å². The molecule has 0 aliphatic carbocycles. The lowest BCUT2D eigenvalue weighted by Gasteiger charge is -2.25. The summed E-state index contributed by atoms with van der Waals surface area (Å²) in [6.45, 7) is 5.42. The van der Waals surface area contributed by atoms with E-state index < -0.39 is 0 Å². The van der Waals surface area contributed by atoms with Crippen LogP contribution in [-0.2, 0) is 4.74 Å². The zero-order valence-electron chi connectivity index (χ0n) is 8.08. The number of rotatable bonds is 2. The summed E-state index contributed by atoms with van der Waals surface area (Å²) in [6.07, 6.45) is 0. The van der Waals surface area contributed by atoms with Gasteiger partial charge in [0.2, 0.25) is 0 Å². The molecule has 3 nitrogen and oxygen atoms in total. The quantitative estimate of drug-likeness (QED) is 0.730. The van der Waals surface area contributed by atoms with Gasteiger partial charge in [0.1, 0.15) is 16.0 Å². The van der Waals surface area contributed by atoms with Crippen LogP contribution in [0.3, 0.4) is 0 Å². The van der Waals surface area contributed by atoms with Crippen molar-refractivity contribution >= 4 is 23.4 Å². The van der Waals surface area contributed by atoms with E-state index in [1.54, 1.807) is 11.8 Å². The van der Waals surface area contributed by atoms with E-state index in [4.69, 9.17) is 16.3 Å². The van der Waals surface area contributed by atoms with Crippen LogP contribution in [0, 0.1) is 13.8 Å². The molecule has 1 fully saturated rings. The maximum absolute atomic E-state index is 5.97. The van der Waals surface area contributed by atoms with Crippen molar-refractivity contribution in [2.75, 3.05) is 13.2 Å². The largest absolute Gasteiger partial charge is 0.379 e. The summed E-state index contributed by atoms with van der Waals surface area (Å²) in [5, 5.41) is 2.06. The summed E-state index contributed by atoms with van der Waals surface area (Å²) in [7, 11) is 0. The van der Waals surface area contributed by atoms with Crippen molar-refractivity contribution in [1.82, 2.24) is 9.97 Å². The highest BCUT2D eigenvalue weighted by Crippen LogP contribution is 2.31. The molecule has 0 spiro atoms. The minimum absolute atomic E-state index is 0.527. The Hall–Kier alpha value is -0.320. The summed E-state index contributed by atoms with van der Waals surface area (Å²) >= 11 is 7.69. The first-order valence-corrected chi connectivity index (χ1v) is 5.67. The highest BCUT2D eigenvalue weighted by atomic mass is 35.5. The molecule has 0 saturated carbocycles. The van der Waals surface area contributed by atoms with Crippen LogP contribution in [0.5, 0.6) is 0 Å². The number of aryl methyl sites for hydroxylation is 1. The van der Waals surface area contributed by atoms with Crippen LogP contribution in [-0.4, -0.2) is 28.4 Å². The van der Waals surface area contributed by atoms with Gasteiger partial charge >= 0.3 is 0 Å². The molecule has 1 aromatic rings. The molecule has 0 bridgehead atoms. The van der Waals surface area contributed by atoms with Gasteiger partial charge in [-0.3, -0.25) is 0 Å². The molecule has 76 valence electrons. The molecule has 2 heterocycles. The Kier molecular flexibility index (Phi) is 2.95. The normalized spacial score (nSPS) is 16.8. The Bertz CT molecular complexity index is 355. The van der Waals surface area contributed by atoms with E-state index in [9.17, 15) is 0 Å². The lowest BCUT2D eigenvalue weighted by molar-refractivity contribution is 0.0454. The van der Waals surface area contributed by atoms with Gasteiger partial charge in [0.15, 0.2) is 0 Å². The van der Waals surface area contributed by atoms with Gasteiger partial charge in [-0.2, -0.15) is 0 Å². The molecule has 1 saturated heterocycles. The molecule has 0 amide bonds. The van der Waals surface area contributed by atoms with E-state index in [2.05, 4.69) is 9.97 Å². The van der Waals surface area contributed by atoms with Gasteiger partial charge < -0.3 is 4.74 Å². The molecule has 5 heteroatoms. The smallest absolute Gasteiger partial charge is 0.136 e. The first kappa shape index (κ1) is 10.2. The van der Waals surface area contributed by atoms with E-state index in [1.165, 1.54) is 0 Å². The van der Waals surface area contributed by atoms with Crippen molar-refractivity contribution in [3.63, 3.8) is 0 Å². The van der Waals surface area contributed by atoms with E-state index in [1.807, 2.05) is 13.8 Å². The maximum atomic E-state index is 5.97. The summed E-state index contributed by atoms with van der Waals surface area (Å²) in [5.74, 6) is 0.725. The second-order valence-corrected chi connectivity index (χ2v) is 4.92. The number of hydrogen-bond acceptors (Lipinski definition) is 4. The minimum atomic E-state index is 0.527. The van der Waals surface area contributed by atoms with Gasteiger partial charge in [0.25, 0.3) is 0 Å². The predicted octanol–water partition coefficient (Wildman–Crippen LogP) is 2.24. The Morgan fingerprint density at radius 3 is 2.64 bits per heavy atom. The highest BCUT2D eigenvalue weighted by molar-refractivity contribution is 8.00. The van der Waals surface area contributed by atoms with E-state index in [0.29, 0.717) is 10.4 Å². The second-order valence-electron chi connectivity index (χ2n) is 3.27. The Morgan fingerprint density at radius 2 is 2.07 bits per heavy atom. The summed E-state index contributed by atoms with van der Waals surface area (Å²) < 4.78 is 5.11. The van der Waals surface area contributed by atoms with Crippen LogP contribution >= 0.6 is 23.4 Å². The zero-order chi connectivity index (χ0) is 10.1. The monoisotopic (exact) mass is 230 g/mol. The van der Waals surface area contributed by atoms with Crippen LogP contribution in [0.25, 0.3) is 0 Å². The van der Waals surface area contributed by atoms with Crippen molar-refractivity contribution in [2.45, 2.75) is 24.1 Å². The van der Waals surface area contributed by atoms with Gasteiger partial charge in [-0.15, -0.1) is 0 Å². The minimum Gasteiger partial charge on any atom is -0.379 e. The number of ether oxygens (including phenoxy) is 1. The third kappa shape index (κ3) is 2.02. The Labute approximate surface area is 92.2 Å². The van der Waals surface area contributed by atoms with Gasteiger partial charge in [0.05, 0.1) is 18.5 Å². The fraction of sp³-hybridized carbons (Fsp3) is 0.556. The fourth-order valence-electron chi connectivity index (χ4n) is 1.12. The molecule has 0 radical (unpaired) electrons. The molecule has 2 rings (SSSR count). The Balaban J connectivity index is 2.22. The number of thioether (sulfide) groups is 1. The van der Waals surface area contributed by atoms with Crippen LogP contribution < -0.4 is 0 Å². The van der Waals surface area contributed by atoms with E-state index in [0.717, 1.165) is 29.6 Å². The third-order valence-electron chi connectivity index (χ3n) is 2.04. The van der Waals surface area contributed by atoms with Crippen molar-refractivity contribution in [2.24, 2.45) is 0 Å². The molecule has 14 heavy (non-hydrogen) atoms. The van der Waals surface area contributed by atoms with Crippen molar-refractivity contribution in [3.05, 3.63) is 16.5 Å². The molecule has 0 unspecified atom stereocenters. The fourth-order valence-corrected chi connectivity index (χ4v) is 2.50.